The van der Waals surface area contributed by atoms with Gasteiger partial charge in [0.2, 0.25) is 0 Å². The van der Waals surface area contributed by atoms with Crippen LogP contribution in [0.5, 0.6) is 0 Å². The largest absolute Gasteiger partial charge is 0.412 e. The predicted octanol–water partition coefficient (Wildman–Crippen LogP) is -0.647. The average Bonchev–Trinajstić information content (AvgIpc) is 1.14. The smallest absolute Gasteiger partial charge is 0.333 e. The Morgan fingerprint density at radius 3 is 1.60 bits per heavy atom. The summed E-state index contributed by atoms with van der Waals surface area (Å²) in [5.74, 6) is 0. The summed E-state index contributed by atoms with van der Waals surface area (Å²) >= 11 is 0. The quantitative estimate of drug-likeness (QED) is 0.513. The highest BCUT2D eigenvalue weighted by molar-refractivity contribution is 7.83. The minimum absolute atomic E-state index is 0. The molecule has 0 spiro atoms. The van der Waals surface area contributed by atoms with Gasteiger partial charge in [-0.25, -0.2) is 0 Å². The van der Waals surface area contributed by atoms with Gasteiger partial charge in [-0.1, -0.05) is 0 Å². The highest BCUT2D eigenvalue weighted by atomic mass is 32.2. The summed E-state index contributed by atoms with van der Waals surface area (Å²) in [5.41, 5.74) is -0.604. The van der Waals surface area contributed by atoms with Crippen molar-refractivity contribution in [3.8, 4) is 0 Å². The van der Waals surface area contributed by atoms with Crippen molar-refractivity contribution in [3.05, 3.63) is 0 Å². The molecule has 0 atom stereocenters. The molecule has 0 saturated carbocycles. The van der Waals surface area contributed by atoms with Gasteiger partial charge in [0.25, 0.3) is 0 Å². The number of hydrogen-bond donors (Lipinski definition) is 2. The molecule has 4 N–H and O–H groups in total. The fourth-order valence-corrected chi connectivity index (χ4v) is 1.16. The van der Waals surface area contributed by atoms with Crippen molar-refractivity contribution in [2.45, 2.75) is 26.3 Å². The van der Waals surface area contributed by atoms with Gasteiger partial charge in [-0.2, -0.15) is 13.1 Å². The molecule has 10 heavy (non-hydrogen) atoms. The van der Waals surface area contributed by atoms with Gasteiger partial charge in [-0.15, -0.1) is 0 Å². The maximum atomic E-state index is 10.1. The van der Waals surface area contributed by atoms with Gasteiger partial charge in [-0.3, -0.25) is 4.55 Å². The predicted molar refractivity (Wildman–Crippen MR) is 38.1 cm³/mol. The van der Waals surface area contributed by atoms with Crippen molar-refractivity contribution in [3.63, 3.8) is 0 Å². The van der Waals surface area contributed by atoms with E-state index in [1.807, 2.05) is 4.72 Å². The lowest BCUT2D eigenvalue weighted by Crippen LogP contribution is -2.39. The fraction of sp³-hybridized carbons (Fsp3) is 1.00. The van der Waals surface area contributed by atoms with E-state index in [9.17, 15) is 8.42 Å². The molecule has 0 fully saturated rings. The van der Waals surface area contributed by atoms with E-state index in [1.165, 1.54) is 0 Å². The van der Waals surface area contributed by atoms with E-state index in [-0.39, 0.29) is 5.48 Å². The molecule has 0 aliphatic heterocycles. The maximum absolute atomic E-state index is 10.1. The van der Waals surface area contributed by atoms with Crippen molar-refractivity contribution >= 4 is 10.3 Å². The Bertz CT molecular complexity index is 178. The molecule has 64 valence electrons. The van der Waals surface area contributed by atoms with Crippen LogP contribution in [-0.2, 0) is 10.3 Å². The van der Waals surface area contributed by atoms with E-state index in [0.29, 0.717) is 0 Å². The van der Waals surface area contributed by atoms with E-state index in [2.05, 4.69) is 0 Å². The number of nitrogens with one attached hydrogen (secondary N) is 1. The molecular formula is C4H13NO4S. The van der Waals surface area contributed by atoms with Crippen molar-refractivity contribution in [2.24, 2.45) is 0 Å². The molecule has 0 bridgehead atoms. The highest BCUT2D eigenvalue weighted by Crippen LogP contribution is 1.99. The standard InChI is InChI=1S/C4H11NO3S.H2O/c1-4(2,3)5-9(6,7)8;/h5H,1-3H3,(H,6,7,8);1H2. The molecule has 5 nitrogen and oxygen atoms in total. The van der Waals surface area contributed by atoms with E-state index >= 15 is 0 Å². The van der Waals surface area contributed by atoms with Crippen LogP contribution in [0.3, 0.4) is 0 Å². The van der Waals surface area contributed by atoms with Crippen molar-refractivity contribution in [1.29, 1.82) is 0 Å². The van der Waals surface area contributed by atoms with E-state index in [0.717, 1.165) is 0 Å². The lowest BCUT2D eigenvalue weighted by atomic mass is 10.1. The molecule has 0 aliphatic carbocycles. The number of rotatable bonds is 1. The summed E-state index contributed by atoms with van der Waals surface area (Å²) in [6.45, 7) is 4.92. The Balaban J connectivity index is 0. The molecule has 0 saturated heterocycles. The first kappa shape index (κ1) is 12.5. The normalized spacial score (nSPS) is 12.4. The lowest BCUT2D eigenvalue weighted by Gasteiger charge is -2.16. The van der Waals surface area contributed by atoms with Crippen LogP contribution in [0.25, 0.3) is 0 Å². The first-order valence-corrected chi connectivity index (χ1v) is 3.91. The fourth-order valence-electron chi connectivity index (χ4n) is 0.387. The molecule has 0 unspecified atom stereocenters. The van der Waals surface area contributed by atoms with E-state index in [4.69, 9.17) is 4.55 Å². The van der Waals surface area contributed by atoms with Crippen LogP contribution in [-0.4, -0.2) is 24.0 Å². The van der Waals surface area contributed by atoms with Gasteiger partial charge in [0.15, 0.2) is 0 Å². The first-order valence-electron chi connectivity index (χ1n) is 2.47. The van der Waals surface area contributed by atoms with Crippen molar-refractivity contribution in [1.82, 2.24) is 4.72 Å². The Kier molecular flexibility index (Phi) is 4.11. The third-order valence-corrected chi connectivity index (χ3v) is 1.31. The maximum Gasteiger partial charge on any atom is 0.333 e. The van der Waals surface area contributed by atoms with Crippen LogP contribution < -0.4 is 4.72 Å². The van der Waals surface area contributed by atoms with E-state index in [1.54, 1.807) is 20.8 Å². The SMILES string of the molecule is CC(C)(C)NS(=O)(=O)O.O. The molecule has 0 amide bonds. The third-order valence-electron chi connectivity index (χ3n) is 0.435. The molecule has 0 aromatic carbocycles. The minimum atomic E-state index is -4.03. The number of hydrogen-bond acceptors (Lipinski definition) is 2. The highest BCUT2D eigenvalue weighted by Gasteiger charge is 2.16. The minimum Gasteiger partial charge on any atom is -0.412 e. The second-order valence-electron chi connectivity index (χ2n) is 2.83. The topological polar surface area (TPSA) is 97.9 Å². The molecule has 0 radical (unpaired) electrons. The second kappa shape index (κ2) is 3.29. The Labute approximate surface area is 60.6 Å². The summed E-state index contributed by atoms with van der Waals surface area (Å²) < 4.78 is 30.4. The van der Waals surface area contributed by atoms with Crippen LogP contribution in [0.1, 0.15) is 20.8 Å². The summed E-state index contributed by atoms with van der Waals surface area (Å²) in [6, 6.07) is 0. The Morgan fingerprint density at radius 2 is 1.60 bits per heavy atom. The van der Waals surface area contributed by atoms with Crippen LogP contribution in [0, 0.1) is 0 Å². The second-order valence-corrected chi connectivity index (χ2v) is 3.98. The molecule has 0 aromatic heterocycles. The van der Waals surface area contributed by atoms with Gasteiger partial charge in [-0.05, 0) is 20.8 Å². The van der Waals surface area contributed by atoms with Crippen LogP contribution in [0.2, 0.25) is 0 Å². The van der Waals surface area contributed by atoms with Gasteiger partial charge >= 0.3 is 10.3 Å². The third kappa shape index (κ3) is 10.7. The molecular weight excluding hydrogens is 158 g/mol. The van der Waals surface area contributed by atoms with Gasteiger partial charge in [0.05, 0.1) is 0 Å². The molecule has 0 aromatic rings. The molecule has 0 heterocycles. The van der Waals surface area contributed by atoms with Crippen LogP contribution >= 0.6 is 0 Å². The van der Waals surface area contributed by atoms with Gasteiger partial charge in [0.1, 0.15) is 0 Å². The van der Waals surface area contributed by atoms with E-state index < -0.39 is 15.8 Å². The Hall–Kier alpha value is -0.170. The zero-order valence-corrected chi connectivity index (χ0v) is 6.99. The van der Waals surface area contributed by atoms with Crippen LogP contribution in [0.15, 0.2) is 0 Å². The van der Waals surface area contributed by atoms with Crippen molar-refractivity contribution < 1.29 is 18.4 Å². The zero-order valence-electron chi connectivity index (χ0n) is 6.17. The summed E-state index contributed by atoms with van der Waals surface area (Å²) in [5, 5.41) is 0. The van der Waals surface area contributed by atoms with Gasteiger partial charge < -0.3 is 5.48 Å². The molecule has 0 aliphatic rings. The lowest BCUT2D eigenvalue weighted by molar-refractivity contribution is 0.424. The monoisotopic (exact) mass is 171 g/mol. The molecule has 6 heteroatoms. The zero-order chi connectivity index (χ0) is 7.71. The summed E-state index contributed by atoms with van der Waals surface area (Å²) in [6.07, 6.45) is 0. The van der Waals surface area contributed by atoms with Gasteiger partial charge in [0, 0.05) is 5.54 Å². The molecule has 0 rings (SSSR count). The summed E-state index contributed by atoms with van der Waals surface area (Å²) in [4.78, 5) is 0. The van der Waals surface area contributed by atoms with Crippen molar-refractivity contribution in [2.75, 3.05) is 0 Å². The summed E-state index contributed by atoms with van der Waals surface area (Å²) in [7, 11) is -4.03. The van der Waals surface area contributed by atoms with Crippen LogP contribution in [0.4, 0.5) is 0 Å². The Morgan fingerprint density at radius 1 is 1.30 bits per heavy atom. The average molecular weight is 171 g/mol. The first-order chi connectivity index (χ1) is 3.71.